The minimum atomic E-state index is -5.84. The lowest BCUT2D eigenvalue weighted by molar-refractivity contribution is -0.412. The van der Waals surface area contributed by atoms with Gasteiger partial charge in [-0.3, -0.25) is 4.79 Å². The topological polar surface area (TPSA) is 80.3 Å². The van der Waals surface area contributed by atoms with E-state index in [9.17, 15) is 49.1 Å². The molecule has 10 atom stereocenters. The zero-order chi connectivity index (χ0) is 33.0. The molecule has 2 aliphatic heterocycles. The first-order valence-electron chi connectivity index (χ1n) is 14.7. The number of rotatable bonds is 10. The number of ether oxygens (including phenoxy) is 5. The van der Waals surface area contributed by atoms with E-state index in [0.29, 0.717) is 13.3 Å². The van der Waals surface area contributed by atoms with E-state index >= 15 is 0 Å². The first kappa shape index (κ1) is 35.1. The molecule has 16 heteroatoms. The van der Waals surface area contributed by atoms with E-state index in [-0.39, 0.29) is 44.3 Å². The van der Waals surface area contributed by atoms with Crippen LogP contribution in [0.15, 0.2) is 0 Å². The molecule has 4 fully saturated rings. The summed E-state index contributed by atoms with van der Waals surface area (Å²) in [7, 11) is 0. The highest BCUT2D eigenvalue weighted by atomic mass is 19.4. The van der Waals surface area contributed by atoms with Gasteiger partial charge in [0.15, 0.2) is 11.7 Å². The maximum absolute atomic E-state index is 14.3. The Labute approximate surface area is 248 Å². The largest absolute Gasteiger partial charge is 0.463 e. The van der Waals surface area contributed by atoms with Crippen LogP contribution in [0.5, 0.6) is 0 Å². The summed E-state index contributed by atoms with van der Waals surface area (Å²) < 4.78 is 154. The second-order valence-corrected chi connectivity index (χ2v) is 12.7. The Bertz CT molecular complexity index is 1050. The van der Waals surface area contributed by atoms with Crippen LogP contribution in [0.3, 0.4) is 0 Å². The molecule has 44 heavy (non-hydrogen) atoms. The lowest BCUT2D eigenvalue weighted by atomic mass is 9.69. The molecule has 254 valence electrons. The van der Waals surface area contributed by atoms with Crippen molar-refractivity contribution in [1.82, 2.24) is 0 Å². The van der Waals surface area contributed by atoms with Crippen LogP contribution >= 0.6 is 0 Å². The number of halogens is 9. The minimum Gasteiger partial charge on any atom is -0.463 e. The highest BCUT2D eigenvalue weighted by Crippen LogP contribution is 2.62. The first-order valence-corrected chi connectivity index (χ1v) is 14.7. The number of carbonyl (C=O) groups excluding carboxylic acids is 2. The van der Waals surface area contributed by atoms with Crippen LogP contribution in [0.4, 0.5) is 39.5 Å². The van der Waals surface area contributed by atoms with Crippen molar-refractivity contribution in [1.29, 1.82) is 0 Å². The van der Waals surface area contributed by atoms with E-state index in [0.717, 1.165) is 6.92 Å². The Kier molecular flexibility index (Phi) is 9.63. The van der Waals surface area contributed by atoms with Gasteiger partial charge in [-0.25, -0.2) is 4.79 Å². The molecule has 0 aromatic rings. The normalized spacial score (nSPS) is 34.8. The van der Waals surface area contributed by atoms with E-state index < -0.39 is 96.7 Å². The SMILES string of the molecule is CCOC(C)OC(CC1CC2CC1C1OC(CC(C)(C(=O)OC3CCOC3=O)C(F)(F)F)C(C)CC21)(C(F)(F)F)C(F)(F)F. The predicted molar refractivity (Wildman–Crippen MR) is 132 cm³/mol. The molecule has 0 spiro atoms. The summed E-state index contributed by atoms with van der Waals surface area (Å²) in [5.41, 5.74) is -7.63. The molecule has 2 heterocycles. The Morgan fingerprint density at radius 3 is 2.11 bits per heavy atom. The van der Waals surface area contributed by atoms with Crippen LogP contribution in [-0.2, 0) is 33.3 Å². The lowest BCUT2D eigenvalue weighted by Gasteiger charge is -2.48. The van der Waals surface area contributed by atoms with Crippen LogP contribution in [0, 0.1) is 35.0 Å². The fraction of sp³-hybridized carbons (Fsp3) is 0.929. The monoisotopic (exact) mass is 656 g/mol. The lowest BCUT2D eigenvalue weighted by Crippen LogP contribution is -2.61. The van der Waals surface area contributed by atoms with Gasteiger partial charge in [-0.05, 0) is 82.5 Å². The average Bonchev–Trinajstić information content (AvgIpc) is 3.57. The van der Waals surface area contributed by atoms with Crippen molar-refractivity contribution in [3.63, 3.8) is 0 Å². The summed E-state index contributed by atoms with van der Waals surface area (Å²) in [4.78, 5) is 24.5. The Morgan fingerprint density at radius 2 is 1.59 bits per heavy atom. The van der Waals surface area contributed by atoms with Crippen LogP contribution in [0.2, 0.25) is 0 Å². The number of hydrogen-bond donors (Lipinski definition) is 0. The molecule has 7 nitrogen and oxygen atoms in total. The molecule has 2 bridgehead atoms. The van der Waals surface area contributed by atoms with Gasteiger partial charge in [0.2, 0.25) is 6.10 Å². The van der Waals surface area contributed by atoms with Gasteiger partial charge in [-0.15, -0.1) is 0 Å². The summed E-state index contributed by atoms with van der Waals surface area (Å²) in [5.74, 6) is -5.68. The molecular formula is C28H37F9O7. The summed E-state index contributed by atoms with van der Waals surface area (Å²) in [6.07, 6.45) is -24.1. The number of hydrogen-bond acceptors (Lipinski definition) is 7. The predicted octanol–water partition coefficient (Wildman–Crippen LogP) is 6.52. The smallest absolute Gasteiger partial charge is 0.426 e. The Morgan fingerprint density at radius 1 is 0.955 bits per heavy atom. The standard InChI is InChI=1S/C28H37F9O7/c1-5-40-14(3)44-25(27(32,33)34,28(35,36)37)11-16-9-15-10-18(16)21-17(15)8-13(2)20(42-21)12-24(4,26(29,30)31)23(39)43-19-6-7-41-22(19)38/h13-21H,5-12H2,1-4H3. The fourth-order valence-corrected chi connectivity index (χ4v) is 7.53. The highest BCUT2D eigenvalue weighted by Gasteiger charge is 2.74. The van der Waals surface area contributed by atoms with Crippen molar-refractivity contribution >= 4 is 11.9 Å². The fourth-order valence-electron chi connectivity index (χ4n) is 7.53. The minimum absolute atomic E-state index is 0.0525. The number of cyclic esters (lactones) is 1. The maximum Gasteiger partial charge on any atom is 0.426 e. The van der Waals surface area contributed by atoms with Crippen molar-refractivity contribution in [2.24, 2.45) is 35.0 Å². The molecule has 2 saturated carbocycles. The van der Waals surface area contributed by atoms with Crippen LogP contribution in [-0.4, -0.2) is 73.9 Å². The van der Waals surface area contributed by atoms with Gasteiger partial charge in [-0.1, -0.05) is 6.92 Å². The van der Waals surface area contributed by atoms with Gasteiger partial charge in [0, 0.05) is 13.0 Å². The first-order chi connectivity index (χ1) is 20.1. The number of carbonyl (C=O) groups is 2. The second-order valence-electron chi connectivity index (χ2n) is 12.7. The van der Waals surface area contributed by atoms with Gasteiger partial charge in [0.25, 0.3) is 5.60 Å². The molecule has 4 rings (SSSR count). The molecule has 0 aromatic carbocycles. The van der Waals surface area contributed by atoms with Gasteiger partial charge >= 0.3 is 30.5 Å². The Hall–Kier alpha value is -1.81. The molecular weight excluding hydrogens is 619 g/mol. The highest BCUT2D eigenvalue weighted by molar-refractivity contribution is 5.83. The van der Waals surface area contributed by atoms with E-state index in [4.69, 9.17) is 14.2 Å². The molecule has 0 radical (unpaired) electrons. The van der Waals surface area contributed by atoms with Crippen molar-refractivity contribution in [3.05, 3.63) is 0 Å². The van der Waals surface area contributed by atoms with Crippen molar-refractivity contribution in [2.75, 3.05) is 13.2 Å². The molecule has 10 unspecified atom stereocenters. The quantitative estimate of drug-likeness (QED) is 0.151. The molecule has 0 aromatic heterocycles. The third kappa shape index (κ3) is 6.27. The summed E-state index contributed by atoms with van der Waals surface area (Å²) in [6.45, 7) is 4.28. The molecule has 0 N–H and O–H groups in total. The zero-order valence-corrected chi connectivity index (χ0v) is 24.6. The molecule has 2 saturated heterocycles. The maximum atomic E-state index is 14.3. The van der Waals surface area contributed by atoms with E-state index in [1.807, 2.05) is 0 Å². The average molecular weight is 657 g/mol. The van der Waals surface area contributed by atoms with E-state index in [1.54, 1.807) is 6.92 Å². The second kappa shape index (κ2) is 12.1. The van der Waals surface area contributed by atoms with Crippen LogP contribution in [0.25, 0.3) is 0 Å². The van der Waals surface area contributed by atoms with Crippen LogP contribution < -0.4 is 0 Å². The number of alkyl halides is 9. The van der Waals surface area contributed by atoms with Gasteiger partial charge in [0.05, 0.1) is 18.8 Å². The summed E-state index contributed by atoms with van der Waals surface area (Å²) in [5, 5.41) is 0. The van der Waals surface area contributed by atoms with Crippen molar-refractivity contribution in [3.8, 4) is 0 Å². The molecule has 4 aliphatic rings. The summed E-state index contributed by atoms with van der Waals surface area (Å²) >= 11 is 0. The molecule has 2 aliphatic carbocycles. The third-order valence-electron chi connectivity index (χ3n) is 9.90. The summed E-state index contributed by atoms with van der Waals surface area (Å²) in [6, 6.07) is 0. The van der Waals surface area contributed by atoms with Crippen molar-refractivity contribution < 1.29 is 72.8 Å². The van der Waals surface area contributed by atoms with Gasteiger partial charge in [0.1, 0.15) is 0 Å². The third-order valence-corrected chi connectivity index (χ3v) is 9.90. The van der Waals surface area contributed by atoms with Crippen LogP contribution in [0.1, 0.15) is 66.2 Å². The van der Waals surface area contributed by atoms with Gasteiger partial charge < -0.3 is 23.7 Å². The number of fused-ring (bicyclic) bond motifs is 5. The van der Waals surface area contributed by atoms with E-state index in [2.05, 4.69) is 9.47 Å². The Balaban J connectivity index is 1.55. The number of esters is 2. The molecule has 0 amide bonds. The van der Waals surface area contributed by atoms with Gasteiger partial charge in [-0.2, -0.15) is 39.5 Å². The zero-order valence-electron chi connectivity index (χ0n) is 24.6. The van der Waals surface area contributed by atoms with E-state index in [1.165, 1.54) is 6.92 Å². The van der Waals surface area contributed by atoms with Crippen molar-refractivity contribution in [2.45, 2.75) is 115 Å².